The minimum atomic E-state index is -2.87. The van der Waals surface area contributed by atoms with Crippen molar-refractivity contribution >= 4 is 21.9 Å². The van der Waals surface area contributed by atoms with Crippen molar-refractivity contribution in [1.82, 2.24) is 4.98 Å². The lowest BCUT2D eigenvalue weighted by Crippen LogP contribution is -2.03. The summed E-state index contributed by atoms with van der Waals surface area (Å²) in [5, 5.41) is 1.54. The van der Waals surface area contributed by atoms with Gasteiger partial charge in [-0.3, -0.25) is 0 Å². The lowest BCUT2D eigenvalue weighted by Gasteiger charge is -2.11. The van der Waals surface area contributed by atoms with Gasteiger partial charge in [0, 0.05) is 16.3 Å². The first kappa shape index (κ1) is 15.6. The van der Waals surface area contributed by atoms with Crippen molar-refractivity contribution in [2.24, 2.45) is 0 Å². The molecule has 2 heterocycles. The van der Waals surface area contributed by atoms with Gasteiger partial charge >= 0.3 is 6.61 Å². The summed E-state index contributed by atoms with van der Waals surface area (Å²) < 4.78 is 35.7. The van der Waals surface area contributed by atoms with Gasteiger partial charge in [-0.2, -0.15) is 8.78 Å². The van der Waals surface area contributed by atoms with E-state index in [2.05, 4.69) is 4.74 Å². The van der Waals surface area contributed by atoms with Gasteiger partial charge in [0.25, 0.3) is 0 Å². The summed E-state index contributed by atoms with van der Waals surface area (Å²) in [6, 6.07) is 14.6. The first-order valence-corrected chi connectivity index (χ1v) is 7.88. The molecule has 0 aliphatic rings. The van der Waals surface area contributed by atoms with Crippen molar-refractivity contribution in [2.75, 3.05) is 0 Å². The van der Waals surface area contributed by atoms with Crippen LogP contribution in [0.25, 0.3) is 33.1 Å². The highest BCUT2D eigenvalue weighted by Crippen LogP contribution is 2.36. The number of aryl methyl sites for hydroxylation is 2. The molecule has 5 heteroatoms. The minimum absolute atomic E-state index is 0.128. The first-order chi connectivity index (χ1) is 12.0. The van der Waals surface area contributed by atoms with E-state index in [1.807, 2.05) is 44.2 Å². The van der Waals surface area contributed by atoms with Crippen molar-refractivity contribution in [3.8, 4) is 17.0 Å². The van der Waals surface area contributed by atoms with Gasteiger partial charge in [0.15, 0.2) is 0 Å². The molecule has 0 amide bonds. The van der Waals surface area contributed by atoms with E-state index in [0.29, 0.717) is 10.9 Å². The summed E-state index contributed by atoms with van der Waals surface area (Å²) in [4.78, 5) is 4.71. The van der Waals surface area contributed by atoms with Gasteiger partial charge in [-0.15, -0.1) is 0 Å². The molecule has 3 nitrogen and oxygen atoms in total. The molecule has 0 saturated heterocycles. The van der Waals surface area contributed by atoms with Crippen LogP contribution in [0.15, 0.2) is 52.9 Å². The van der Waals surface area contributed by atoms with Gasteiger partial charge in [-0.1, -0.05) is 24.3 Å². The normalized spacial score (nSPS) is 11.6. The Bertz CT molecular complexity index is 1090. The number of hydrogen-bond acceptors (Lipinski definition) is 3. The van der Waals surface area contributed by atoms with E-state index in [0.717, 1.165) is 33.6 Å². The van der Waals surface area contributed by atoms with Gasteiger partial charge < -0.3 is 9.15 Å². The zero-order valence-electron chi connectivity index (χ0n) is 13.7. The zero-order valence-corrected chi connectivity index (χ0v) is 13.7. The number of nitrogens with zero attached hydrogens (tertiary/aromatic N) is 1. The number of fused-ring (bicyclic) bond motifs is 2. The number of ether oxygens (including phenoxy) is 1. The van der Waals surface area contributed by atoms with E-state index in [1.54, 1.807) is 18.2 Å². The van der Waals surface area contributed by atoms with Crippen LogP contribution in [0.1, 0.15) is 11.3 Å². The summed E-state index contributed by atoms with van der Waals surface area (Å²) in [5.74, 6) is 0.897. The van der Waals surface area contributed by atoms with Crippen LogP contribution < -0.4 is 4.74 Å². The van der Waals surface area contributed by atoms with Crippen molar-refractivity contribution in [3.05, 3.63) is 59.9 Å². The van der Waals surface area contributed by atoms with Crippen molar-refractivity contribution in [2.45, 2.75) is 20.5 Å². The van der Waals surface area contributed by atoms with Crippen LogP contribution in [0.3, 0.4) is 0 Å². The largest absolute Gasteiger partial charge is 0.461 e. The first-order valence-electron chi connectivity index (χ1n) is 7.88. The van der Waals surface area contributed by atoms with E-state index in [9.17, 15) is 8.78 Å². The average molecular weight is 339 g/mol. The Morgan fingerprint density at radius 2 is 1.76 bits per heavy atom. The molecule has 25 heavy (non-hydrogen) atoms. The number of pyridine rings is 1. The smallest absolute Gasteiger partial charge is 0.387 e. The molecule has 0 saturated carbocycles. The summed E-state index contributed by atoms with van der Waals surface area (Å²) in [6.07, 6.45) is 0. The van der Waals surface area contributed by atoms with Gasteiger partial charge in [0.2, 0.25) is 0 Å². The highest BCUT2D eigenvalue weighted by molar-refractivity contribution is 5.97. The van der Waals surface area contributed by atoms with Gasteiger partial charge in [0.05, 0.1) is 11.2 Å². The molecule has 2 aromatic carbocycles. The topological polar surface area (TPSA) is 35.3 Å². The Morgan fingerprint density at radius 3 is 2.56 bits per heavy atom. The van der Waals surface area contributed by atoms with Crippen LogP contribution >= 0.6 is 0 Å². The molecule has 0 fully saturated rings. The maximum absolute atomic E-state index is 12.6. The van der Waals surface area contributed by atoms with Gasteiger partial charge in [-0.25, -0.2) is 4.98 Å². The van der Waals surface area contributed by atoms with Gasteiger partial charge in [0.1, 0.15) is 17.1 Å². The lowest BCUT2D eigenvalue weighted by molar-refractivity contribution is -0.0488. The second-order valence-electron chi connectivity index (χ2n) is 5.88. The third-order valence-corrected chi connectivity index (χ3v) is 4.26. The Labute approximate surface area is 142 Å². The van der Waals surface area contributed by atoms with Gasteiger partial charge in [-0.05, 0) is 43.7 Å². The van der Waals surface area contributed by atoms with Crippen LogP contribution in [-0.2, 0) is 0 Å². The molecule has 2 aromatic heterocycles. The number of furan rings is 1. The molecule has 0 unspecified atom stereocenters. The molecule has 0 bridgehead atoms. The second kappa shape index (κ2) is 5.84. The van der Waals surface area contributed by atoms with Crippen LogP contribution in [0.5, 0.6) is 5.75 Å². The lowest BCUT2D eigenvalue weighted by atomic mass is 10.0. The predicted octanol–water partition coefficient (Wildman–Crippen LogP) is 5.87. The van der Waals surface area contributed by atoms with E-state index < -0.39 is 6.61 Å². The van der Waals surface area contributed by atoms with Crippen LogP contribution in [0.2, 0.25) is 0 Å². The zero-order chi connectivity index (χ0) is 17.6. The van der Waals surface area contributed by atoms with Crippen molar-refractivity contribution in [1.29, 1.82) is 0 Å². The third kappa shape index (κ3) is 2.61. The second-order valence-corrected chi connectivity index (χ2v) is 5.88. The third-order valence-electron chi connectivity index (χ3n) is 4.26. The van der Waals surface area contributed by atoms with E-state index >= 15 is 0 Å². The Hall–Kier alpha value is -2.95. The molecule has 4 aromatic rings. The molecule has 0 atom stereocenters. The highest BCUT2D eigenvalue weighted by atomic mass is 19.3. The Kier molecular flexibility index (Phi) is 3.64. The molecule has 126 valence electrons. The van der Waals surface area contributed by atoms with E-state index in [4.69, 9.17) is 9.40 Å². The number of hydrogen-bond donors (Lipinski definition) is 0. The minimum Gasteiger partial charge on any atom is -0.461 e. The average Bonchev–Trinajstić information content (AvgIpc) is 2.92. The predicted molar refractivity (Wildman–Crippen MR) is 93.1 cm³/mol. The maximum Gasteiger partial charge on any atom is 0.387 e. The standard InChI is InChI=1S/C20H15F2NO2/c1-11-7-10-17(25-20(21)22)14-8-9-15(23-19(11)14)18-12(2)24-16-6-4-3-5-13(16)18/h3-10,20H,1-2H3. The van der Waals surface area contributed by atoms with Crippen molar-refractivity contribution in [3.63, 3.8) is 0 Å². The molecule has 0 N–H and O–H groups in total. The summed E-state index contributed by atoms with van der Waals surface area (Å²) in [5.41, 5.74) is 3.98. The summed E-state index contributed by atoms with van der Waals surface area (Å²) >= 11 is 0. The summed E-state index contributed by atoms with van der Waals surface area (Å²) in [7, 11) is 0. The number of rotatable bonds is 3. The van der Waals surface area contributed by atoms with Crippen LogP contribution in [0, 0.1) is 13.8 Å². The van der Waals surface area contributed by atoms with E-state index in [-0.39, 0.29) is 5.75 Å². The van der Waals surface area contributed by atoms with Crippen LogP contribution in [-0.4, -0.2) is 11.6 Å². The fourth-order valence-corrected chi connectivity index (χ4v) is 3.15. The quantitative estimate of drug-likeness (QED) is 0.468. The fraction of sp³-hybridized carbons (Fsp3) is 0.150. The number of benzene rings is 2. The molecule has 0 aliphatic carbocycles. The molecule has 4 rings (SSSR count). The maximum atomic E-state index is 12.6. The Morgan fingerprint density at radius 1 is 0.960 bits per heavy atom. The van der Waals surface area contributed by atoms with E-state index in [1.165, 1.54) is 0 Å². The molecular weight excluding hydrogens is 324 g/mol. The SMILES string of the molecule is Cc1oc2ccccc2c1-c1ccc2c(OC(F)F)ccc(C)c2n1. The fourth-order valence-electron chi connectivity index (χ4n) is 3.15. The number of alkyl halides is 2. The van der Waals surface area contributed by atoms with Crippen LogP contribution in [0.4, 0.5) is 8.78 Å². The highest BCUT2D eigenvalue weighted by Gasteiger charge is 2.16. The molecular formula is C20H15F2NO2. The van der Waals surface area contributed by atoms with Crippen molar-refractivity contribution < 1.29 is 17.9 Å². The monoisotopic (exact) mass is 339 g/mol. The summed E-state index contributed by atoms with van der Waals surface area (Å²) in [6.45, 7) is 0.918. The Balaban J connectivity index is 1.95. The number of para-hydroxylation sites is 1. The molecule has 0 spiro atoms. The number of aromatic nitrogens is 1. The molecule has 0 radical (unpaired) electrons. The molecule has 0 aliphatic heterocycles. The number of halogens is 2.